The van der Waals surface area contributed by atoms with Crippen molar-refractivity contribution in [3.05, 3.63) is 18.2 Å². The van der Waals surface area contributed by atoms with E-state index in [0.29, 0.717) is 12.2 Å². The quantitative estimate of drug-likeness (QED) is 0.576. The third-order valence-electron chi connectivity index (χ3n) is 3.50. The number of hydrogen-bond acceptors (Lipinski definition) is 4. The molecule has 0 aliphatic carbocycles. The first kappa shape index (κ1) is 13.5. The fourth-order valence-corrected chi connectivity index (χ4v) is 2.16. The van der Waals surface area contributed by atoms with Gasteiger partial charge in [0.1, 0.15) is 6.04 Å². The van der Waals surface area contributed by atoms with Crippen LogP contribution in [-0.2, 0) is 16.0 Å². The second-order valence-corrected chi connectivity index (χ2v) is 5.13. The Hall–Kier alpha value is -1.89. The molecule has 1 fully saturated rings. The minimum absolute atomic E-state index is 0.199. The molecule has 1 aromatic heterocycles. The van der Waals surface area contributed by atoms with E-state index in [4.69, 9.17) is 0 Å². The Kier molecular flexibility index (Phi) is 3.84. The van der Waals surface area contributed by atoms with Gasteiger partial charge in [0.15, 0.2) is 0 Å². The summed E-state index contributed by atoms with van der Waals surface area (Å²) in [5.74, 6) is -1.26. The number of carboxylic acids is 1. The lowest BCUT2D eigenvalue weighted by Crippen LogP contribution is -2.49. The molecule has 0 radical (unpaired) electrons. The van der Waals surface area contributed by atoms with Crippen LogP contribution in [0.3, 0.4) is 0 Å². The molecule has 0 bridgehead atoms. The zero-order valence-corrected chi connectivity index (χ0v) is 10.8. The van der Waals surface area contributed by atoms with Crippen molar-refractivity contribution < 1.29 is 14.7 Å². The number of aliphatic carboxylic acids is 1. The van der Waals surface area contributed by atoms with Crippen LogP contribution >= 0.6 is 0 Å². The molecule has 1 aliphatic rings. The molecule has 2 atom stereocenters. The smallest absolute Gasteiger partial charge is 0.326 e. The summed E-state index contributed by atoms with van der Waals surface area (Å²) in [6.07, 6.45) is 3.96. The van der Waals surface area contributed by atoms with Crippen LogP contribution in [0.4, 0.5) is 0 Å². The summed E-state index contributed by atoms with van der Waals surface area (Å²) in [7, 11) is 0. The predicted octanol–water partition coefficient (Wildman–Crippen LogP) is -0.479. The number of nitrogens with one attached hydrogen (secondary N) is 3. The molecular formula is C12H18N4O3. The maximum atomic E-state index is 12.2. The summed E-state index contributed by atoms with van der Waals surface area (Å²) in [6.45, 7) is 3.20. The van der Waals surface area contributed by atoms with Gasteiger partial charge >= 0.3 is 5.97 Å². The molecule has 1 unspecified atom stereocenters. The number of imidazole rings is 1. The average molecular weight is 266 g/mol. The van der Waals surface area contributed by atoms with Crippen molar-refractivity contribution in [2.45, 2.75) is 25.8 Å². The van der Waals surface area contributed by atoms with Crippen molar-refractivity contribution >= 4 is 11.9 Å². The maximum absolute atomic E-state index is 12.2. The van der Waals surface area contributed by atoms with E-state index >= 15 is 0 Å². The standard InChI is InChI=1S/C12H18N4O3/c1-12(2-3-13-6-12)11(19)16-9(10(17)18)4-8-5-14-7-15-8/h5,7,9,13H,2-4,6H2,1H3,(H,14,15)(H,16,19)(H,17,18)/t9-,12?/m1/s1. The lowest BCUT2D eigenvalue weighted by atomic mass is 9.88. The molecule has 104 valence electrons. The molecule has 7 nitrogen and oxygen atoms in total. The Labute approximate surface area is 110 Å². The van der Waals surface area contributed by atoms with Gasteiger partial charge in [0.25, 0.3) is 0 Å². The molecule has 4 N–H and O–H groups in total. The SMILES string of the molecule is CC1(C(=O)N[C@H](Cc2cnc[nH]2)C(=O)O)CCNC1. The van der Waals surface area contributed by atoms with Gasteiger partial charge in [-0.25, -0.2) is 9.78 Å². The Morgan fingerprint density at radius 2 is 2.42 bits per heavy atom. The van der Waals surface area contributed by atoms with Crippen molar-refractivity contribution in [1.82, 2.24) is 20.6 Å². The molecule has 19 heavy (non-hydrogen) atoms. The Morgan fingerprint density at radius 3 is 2.95 bits per heavy atom. The van der Waals surface area contributed by atoms with Gasteiger partial charge in [-0.3, -0.25) is 4.79 Å². The van der Waals surface area contributed by atoms with Gasteiger partial charge in [-0.05, 0) is 19.9 Å². The van der Waals surface area contributed by atoms with Crippen LogP contribution in [-0.4, -0.2) is 46.1 Å². The summed E-state index contributed by atoms with van der Waals surface area (Å²) in [4.78, 5) is 30.1. The zero-order chi connectivity index (χ0) is 13.9. The first-order valence-corrected chi connectivity index (χ1v) is 6.23. The van der Waals surface area contributed by atoms with Gasteiger partial charge in [0.2, 0.25) is 5.91 Å². The van der Waals surface area contributed by atoms with E-state index in [1.807, 2.05) is 6.92 Å². The number of carbonyl (C=O) groups excluding carboxylic acids is 1. The summed E-state index contributed by atoms with van der Waals surface area (Å²) in [6, 6.07) is -0.939. The summed E-state index contributed by atoms with van der Waals surface area (Å²) in [5.41, 5.74) is 0.157. The highest BCUT2D eigenvalue weighted by atomic mass is 16.4. The van der Waals surface area contributed by atoms with E-state index in [-0.39, 0.29) is 12.3 Å². The number of hydrogen-bond donors (Lipinski definition) is 4. The molecular weight excluding hydrogens is 248 g/mol. The normalized spacial score (nSPS) is 24.1. The third-order valence-corrected chi connectivity index (χ3v) is 3.50. The first-order chi connectivity index (χ1) is 9.01. The fraction of sp³-hybridized carbons (Fsp3) is 0.583. The van der Waals surface area contributed by atoms with E-state index in [2.05, 4.69) is 20.6 Å². The van der Waals surface area contributed by atoms with Crippen LogP contribution in [0.1, 0.15) is 19.0 Å². The third kappa shape index (κ3) is 3.11. The zero-order valence-electron chi connectivity index (χ0n) is 10.8. The largest absolute Gasteiger partial charge is 0.480 e. The Bertz CT molecular complexity index is 452. The highest BCUT2D eigenvalue weighted by molar-refractivity contribution is 5.87. The van der Waals surface area contributed by atoms with E-state index in [1.165, 1.54) is 6.33 Å². The first-order valence-electron chi connectivity index (χ1n) is 6.23. The second-order valence-electron chi connectivity index (χ2n) is 5.13. The summed E-state index contributed by atoms with van der Waals surface area (Å²) >= 11 is 0. The Balaban J connectivity index is 2.00. The van der Waals surface area contributed by atoms with Crippen LogP contribution < -0.4 is 10.6 Å². The summed E-state index contributed by atoms with van der Waals surface area (Å²) in [5, 5.41) is 14.9. The van der Waals surface area contributed by atoms with Gasteiger partial charge in [-0.2, -0.15) is 0 Å². The fourth-order valence-electron chi connectivity index (χ4n) is 2.16. The number of rotatable bonds is 5. The molecule has 1 aromatic rings. The second kappa shape index (κ2) is 5.40. The lowest BCUT2D eigenvalue weighted by molar-refractivity contribution is -0.143. The van der Waals surface area contributed by atoms with Crippen molar-refractivity contribution in [2.75, 3.05) is 13.1 Å². The number of aromatic amines is 1. The molecule has 0 spiro atoms. The van der Waals surface area contributed by atoms with Gasteiger partial charge in [-0.1, -0.05) is 0 Å². The predicted molar refractivity (Wildman–Crippen MR) is 67.5 cm³/mol. The van der Waals surface area contributed by atoms with Gasteiger partial charge in [0.05, 0.1) is 11.7 Å². The highest BCUT2D eigenvalue weighted by Crippen LogP contribution is 2.24. The molecule has 1 saturated heterocycles. The van der Waals surface area contributed by atoms with Crippen LogP contribution in [0.2, 0.25) is 0 Å². The number of carboxylic acid groups (broad SMARTS) is 1. The number of aromatic nitrogens is 2. The Morgan fingerprint density at radius 1 is 1.63 bits per heavy atom. The number of carbonyl (C=O) groups is 2. The van der Waals surface area contributed by atoms with Crippen molar-refractivity contribution in [3.63, 3.8) is 0 Å². The van der Waals surface area contributed by atoms with Gasteiger partial charge in [-0.15, -0.1) is 0 Å². The molecule has 2 heterocycles. The molecule has 2 rings (SSSR count). The van der Waals surface area contributed by atoms with E-state index in [9.17, 15) is 14.7 Å². The minimum atomic E-state index is -1.04. The molecule has 1 aliphatic heterocycles. The molecule has 0 aromatic carbocycles. The molecule has 0 saturated carbocycles. The molecule has 1 amide bonds. The van der Waals surface area contributed by atoms with Crippen molar-refractivity contribution in [2.24, 2.45) is 5.41 Å². The van der Waals surface area contributed by atoms with E-state index in [1.54, 1.807) is 6.20 Å². The van der Waals surface area contributed by atoms with Crippen molar-refractivity contribution in [1.29, 1.82) is 0 Å². The summed E-state index contributed by atoms with van der Waals surface area (Å²) < 4.78 is 0. The number of nitrogens with zero attached hydrogens (tertiary/aromatic N) is 1. The van der Waals surface area contributed by atoms with Crippen LogP contribution in [0.5, 0.6) is 0 Å². The maximum Gasteiger partial charge on any atom is 0.326 e. The number of H-pyrrole nitrogens is 1. The highest BCUT2D eigenvalue weighted by Gasteiger charge is 2.38. The van der Waals surface area contributed by atoms with E-state index < -0.39 is 17.4 Å². The van der Waals surface area contributed by atoms with Crippen LogP contribution in [0.25, 0.3) is 0 Å². The topological polar surface area (TPSA) is 107 Å². The van der Waals surface area contributed by atoms with Gasteiger partial charge in [0, 0.05) is 24.9 Å². The lowest BCUT2D eigenvalue weighted by Gasteiger charge is -2.24. The van der Waals surface area contributed by atoms with Gasteiger partial charge < -0.3 is 20.7 Å². The van der Waals surface area contributed by atoms with Crippen LogP contribution in [0.15, 0.2) is 12.5 Å². The average Bonchev–Trinajstić information content (AvgIpc) is 3.00. The van der Waals surface area contributed by atoms with Crippen LogP contribution in [0, 0.1) is 5.41 Å². The van der Waals surface area contributed by atoms with E-state index in [0.717, 1.165) is 13.0 Å². The van der Waals surface area contributed by atoms with Crippen molar-refractivity contribution in [3.8, 4) is 0 Å². The minimum Gasteiger partial charge on any atom is -0.480 e. The molecule has 7 heteroatoms. The number of amides is 1. The monoisotopic (exact) mass is 266 g/mol.